The Balaban J connectivity index is 1.49. The first-order chi connectivity index (χ1) is 10.2. The number of aromatic nitrogens is 4. The fraction of sp³-hybridized carbons (Fsp3) is 0.571. The second kappa shape index (κ2) is 4.68. The van der Waals surface area contributed by atoms with Crippen LogP contribution in [-0.2, 0) is 11.8 Å². The summed E-state index contributed by atoms with van der Waals surface area (Å²) in [5, 5.41) is 8.25. The highest BCUT2D eigenvalue weighted by atomic mass is 16.4. The van der Waals surface area contributed by atoms with Crippen LogP contribution in [0.15, 0.2) is 16.9 Å². The lowest BCUT2D eigenvalue weighted by Crippen LogP contribution is -2.29. The zero-order valence-electron chi connectivity index (χ0n) is 11.9. The van der Waals surface area contributed by atoms with Crippen molar-refractivity contribution in [2.75, 3.05) is 13.1 Å². The Morgan fingerprint density at radius 1 is 1.33 bits per heavy atom. The van der Waals surface area contributed by atoms with Crippen LogP contribution in [0.2, 0.25) is 0 Å². The molecule has 7 heteroatoms. The van der Waals surface area contributed by atoms with E-state index in [2.05, 4.69) is 15.2 Å². The highest BCUT2D eigenvalue weighted by molar-refractivity contribution is 5.81. The van der Waals surface area contributed by atoms with Gasteiger partial charge in [-0.15, -0.1) is 10.2 Å². The maximum absolute atomic E-state index is 12.1. The molecular weight excluding hydrogens is 270 g/mol. The minimum Gasteiger partial charge on any atom is -0.419 e. The summed E-state index contributed by atoms with van der Waals surface area (Å²) >= 11 is 0. The lowest BCUT2D eigenvalue weighted by atomic mass is 10.1. The molecule has 2 fully saturated rings. The Kier molecular flexibility index (Phi) is 2.80. The van der Waals surface area contributed by atoms with Gasteiger partial charge in [-0.05, 0) is 19.3 Å². The molecule has 1 saturated carbocycles. The van der Waals surface area contributed by atoms with Crippen molar-refractivity contribution in [1.29, 1.82) is 0 Å². The van der Waals surface area contributed by atoms with Gasteiger partial charge in [0.25, 0.3) is 5.89 Å². The van der Waals surface area contributed by atoms with Crippen LogP contribution in [-0.4, -0.2) is 43.6 Å². The van der Waals surface area contributed by atoms with Gasteiger partial charge in [0.15, 0.2) is 0 Å². The Morgan fingerprint density at radius 3 is 2.90 bits per heavy atom. The monoisotopic (exact) mass is 287 g/mol. The van der Waals surface area contributed by atoms with Crippen molar-refractivity contribution in [2.45, 2.75) is 25.2 Å². The molecule has 2 aliphatic rings. The van der Waals surface area contributed by atoms with Crippen LogP contribution < -0.4 is 0 Å². The Labute approximate surface area is 122 Å². The summed E-state index contributed by atoms with van der Waals surface area (Å²) in [6.45, 7) is 1.49. The van der Waals surface area contributed by atoms with Crippen molar-refractivity contribution < 1.29 is 9.21 Å². The van der Waals surface area contributed by atoms with Gasteiger partial charge in [0.1, 0.15) is 5.69 Å². The third kappa shape index (κ3) is 2.22. The maximum Gasteiger partial charge on any atom is 0.265 e. The number of rotatable bonds is 3. The van der Waals surface area contributed by atoms with Crippen LogP contribution in [0.4, 0.5) is 0 Å². The maximum atomic E-state index is 12.1. The van der Waals surface area contributed by atoms with Crippen LogP contribution in [0.5, 0.6) is 0 Å². The number of amides is 1. The quantitative estimate of drug-likeness (QED) is 0.847. The molecule has 0 aromatic carbocycles. The molecule has 0 spiro atoms. The van der Waals surface area contributed by atoms with Crippen LogP contribution in [0.25, 0.3) is 11.6 Å². The number of likely N-dealkylation sites (tertiary alicyclic amines) is 1. The van der Waals surface area contributed by atoms with Crippen molar-refractivity contribution in [3.05, 3.63) is 18.4 Å². The van der Waals surface area contributed by atoms with Crippen LogP contribution in [0, 0.1) is 5.92 Å². The molecular formula is C14H17N5O2. The van der Waals surface area contributed by atoms with Crippen LogP contribution in [0.3, 0.4) is 0 Å². The molecule has 0 N–H and O–H groups in total. The summed E-state index contributed by atoms with van der Waals surface area (Å²) in [6.07, 6.45) is 6.39. The fourth-order valence-electron chi connectivity index (χ4n) is 2.82. The van der Waals surface area contributed by atoms with Gasteiger partial charge >= 0.3 is 0 Å². The molecule has 3 heterocycles. The van der Waals surface area contributed by atoms with E-state index in [1.165, 1.54) is 0 Å². The average Bonchev–Trinajstić information content (AvgIpc) is 2.91. The third-order valence-electron chi connectivity index (χ3n) is 4.25. The molecule has 0 bridgehead atoms. The molecule has 1 amide bonds. The standard InChI is InChI=1S/C14H17N5O2/c1-18-8-15-6-11(18)13-17-16-12(21-13)10-4-5-19(7-10)14(20)9-2-3-9/h6,8-10H,2-5,7H2,1H3/t10-/m0/s1. The largest absolute Gasteiger partial charge is 0.419 e. The van der Waals surface area contributed by atoms with E-state index < -0.39 is 0 Å². The topological polar surface area (TPSA) is 77.1 Å². The van der Waals surface area contributed by atoms with E-state index in [4.69, 9.17) is 4.42 Å². The second-order valence-electron chi connectivity index (χ2n) is 5.88. The SMILES string of the molecule is Cn1cncc1-c1nnc([C@H]2CCN(C(=O)C3CC3)C2)o1. The fourth-order valence-corrected chi connectivity index (χ4v) is 2.82. The van der Waals surface area contributed by atoms with Crippen molar-refractivity contribution in [3.63, 3.8) is 0 Å². The summed E-state index contributed by atoms with van der Waals surface area (Å²) < 4.78 is 7.62. The Morgan fingerprint density at radius 2 is 2.19 bits per heavy atom. The molecule has 1 saturated heterocycles. The summed E-state index contributed by atoms with van der Waals surface area (Å²) in [5.74, 6) is 1.83. The Hall–Kier alpha value is -2.18. The first-order valence-electron chi connectivity index (χ1n) is 7.31. The van der Waals surface area contributed by atoms with Gasteiger partial charge < -0.3 is 13.9 Å². The van der Waals surface area contributed by atoms with Crippen LogP contribution in [0.1, 0.15) is 31.1 Å². The smallest absolute Gasteiger partial charge is 0.265 e. The molecule has 7 nitrogen and oxygen atoms in total. The third-order valence-corrected chi connectivity index (χ3v) is 4.25. The highest BCUT2D eigenvalue weighted by Gasteiger charge is 2.38. The van der Waals surface area contributed by atoms with Crippen molar-refractivity contribution in [3.8, 4) is 11.6 Å². The predicted molar refractivity (Wildman–Crippen MR) is 73.2 cm³/mol. The molecule has 2 aromatic rings. The van der Waals surface area contributed by atoms with Crippen LogP contribution >= 0.6 is 0 Å². The van der Waals surface area contributed by atoms with Gasteiger partial charge in [0, 0.05) is 26.1 Å². The molecule has 1 atom stereocenters. The molecule has 1 aliphatic carbocycles. The molecule has 110 valence electrons. The van der Waals surface area contributed by atoms with E-state index in [-0.39, 0.29) is 11.8 Å². The second-order valence-corrected chi connectivity index (χ2v) is 5.88. The molecule has 4 rings (SSSR count). The molecule has 2 aromatic heterocycles. The van der Waals surface area contributed by atoms with E-state index in [0.29, 0.717) is 24.2 Å². The number of carbonyl (C=O) groups excluding carboxylic acids is 1. The van der Waals surface area contributed by atoms with Gasteiger partial charge in [-0.3, -0.25) is 4.79 Å². The molecule has 0 radical (unpaired) electrons. The van der Waals surface area contributed by atoms with E-state index in [0.717, 1.165) is 31.5 Å². The first-order valence-corrected chi connectivity index (χ1v) is 7.31. The predicted octanol–water partition coefficient (Wildman–Crippen LogP) is 1.20. The van der Waals surface area contributed by atoms with Crippen molar-refractivity contribution in [1.82, 2.24) is 24.6 Å². The normalized spacial score (nSPS) is 22.0. The molecule has 0 unspecified atom stereocenters. The van der Waals surface area contributed by atoms with Gasteiger partial charge in [-0.1, -0.05) is 0 Å². The van der Waals surface area contributed by atoms with E-state index in [1.54, 1.807) is 12.5 Å². The number of hydrogen-bond donors (Lipinski definition) is 0. The zero-order valence-corrected chi connectivity index (χ0v) is 11.9. The number of carbonyl (C=O) groups is 1. The number of aryl methyl sites for hydroxylation is 1. The summed E-state index contributed by atoms with van der Waals surface area (Å²) in [4.78, 5) is 18.1. The summed E-state index contributed by atoms with van der Waals surface area (Å²) in [5.41, 5.74) is 0.803. The van der Waals surface area contributed by atoms with Gasteiger partial charge in [-0.25, -0.2) is 4.98 Å². The average molecular weight is 287 g/mol. The minimum atomic E-state index is 0.155. The number of imidazole rings is 1. The van der Waals surface area contributed by atoms with E-state index >= 15 is 0 Å². The van der Waals surface area contributed by atoms with E-state index in [1.807, 2.05) is 16.5 Å². The van der Waals surface area contributed by atoms with Gasteiger partial charge in [-0.2, -0.15) is 0 Å². The van der Waals surface area contributed by atoms with Crippen molar-refractivity contribution in [2.24, 2.45) is 13.0 Å². The molecule has 21 heavy (non-hydrogen) atoms. The number of nitrogens with zero attached hydrogens (tertiary/aromatic N) is 5. The van der Waals surface area contributed by atoms with Gasteiger partial charge in [0.2, 0.25) is 11.8 Å². The molecule has 1 aliphatic heterocycles. The minimum absolute atomic E-state index is 0.155. The van der Waals surface area contributed by atoms with Gasteiger partial charge in [0.05, 0.1) is 18.4 Å². The highest BCUT2D eigenvalue weighted by Crippen LogP contribution is 2.35. The van der Waals surface area contributed by atoms with E-state index in [9.17, 15) is 4.79 Å². The zero-order chi connectivity index (χ0) is 14.4. The summed E-state index contributed by atoms with van der Waals surface area (Å²) in [6, 6.07) is 0. The number of hydrogen-bond acceptors (Lipinski definition) is 5. The first kappa shape index (κ1) is 12.6. The van der Waals surface area contributed by atoms with Crippen molar-refractivity contribution >= 4 is 5.91 Å². The summed E-state index contributed by atoms with van der Waals surface area (Å²) in [7, 11) is 1.89. The lowest BCUT2D eigenvalue weighted by Gasteiger charge is -2.14. The lowest BCUT2D eigenvalue weighted by molar-refractivity contribution is -0.131. The Bertz CT molecular complexity index is 672.